The highest BCUT2D eigenvalue weighted by molar-refractivity contribution is 6.21. The summed E-state index contributed by atoms with van der Waals surface area (Å²) in [5.74, 6) is 2.09. The number of anilines is 1. The Morgan fingerprint density at radius 3 is 2.58 bits per heavy atom. The van der Waals surface area contributed by atoms with Gasteiger partial charge in [0, 0.05) is 12.7 Å². The number of hydrogen-bond donors (Lipinski definition) is 1. The molecule has 0 fully saturated rings. The molecule has 1 rings (SSSR count). The maximum Gasteiger partial charge on any atom is 0.168 e. The first-order valence-corrected chi connectivity index (χ1v) is 7.51. The van der Waals surface area contributed by atoms with Gasteiger partial charge in [0.25, 0.3) is 0 Å². The standard InChI is InChI=1S/C15H25ClN2O/c1-5-12(6-2)13(16)10-18-15-14(19-11(3)4)8-7-9-17-15/h7-9,11-13H,5-6,10H2,1-4H3,(H,17,18). The lowest BCUT2D eigenvalue weighted by Crippen LogP contribution is -2.23. The molecule has 0 saturated carbocycles. The fraction of sp³-hybridized carbons (Fsp3) is 0.667. The Hall–Kier alpha value is -0.960. The Bertz CT molecular complexity index is 367. The van der Waals surface area contributed by atoms with Crippen molar-refractivity contribution in [3.63, 3.8) is 0 Å². The third kappa shape index (κ3) is 5.27. The van der Waals surface area contributed by atoms with Crippen molar-refractivity contribution in [3.8, 4) is 5.75 Å². The average Bonchev–Trinajstić information content (AvgIpc) is 2.38. The fourth-order valence-electron chi connectivity index (χ4n) is 2.03. The second-order valence-corrected chi connectivity index (χ2v) is 5.55. The topological polar surface area (TPSA) is 34.2 Å². The second kappa shape index (κ2) is 8.26. The van der Waals surface area contributed by atoms with Crippen molar-refractivity contribution >= 4 is 17.4 Å². The van der Waals surface area contributed by atoms with Crippen molar-refractivity contribution in [3.05, 3.63) is 18.3 Å². The van der Waals surface area contributed by atoms with E-state index in [1.807, 2.05) is 26.0 Å². The molecule has 0 amide bonds. The summed E-state index contributed by atoms with van der Waals surface area (Å²) >= 11 is 6.42. The molecule has 4 heteroatoms. The largest absolute Gasteiger partial charge is 0.487 e. The van der Waals surface area contributed by atoms with Crippen LogP contribution in [0.5, 0.6) is 5.75 Å². The number of halogens is 1. The average molecular weight is 285 g/mol. The van der Waals surface area contributed by atoms with E-state index in [4.69, 9.17) is 16.3 Å². The third-order valence-corrected chi connectivity index (χ3v) is 3.67. The first-order valence-electron chi connectivity index (χ1n) is 7.08. The number of nitrogens with one attached hydrogen (secondary N) is 1. The van der Waals surface area contributed by atoms with E-state index in [-0.39, 0.29) is 11.5 Å². The van der Waals surface area contributed by atoms with Gasteiger partial charge in [-0.3, -0.25) is 0 Å². The zero-order valence-corrected chi connectivity index (χ0v) is 13.1. The lowest BCUT2D eigenvalue weighted by molar-refractivity contribution is 0.243. The minimum absolute atomic E-state index is 0.115. The van der Waals surface area contributed by atoms with Gasteiger partial charge in [-0.15, -0.1) is 11.6 Å². The summed E-state index contributed by atoms with van der Waals surface area (Å²) in [6.07, 6.45) is 4.10. The number of ether oxygens (including phenoxy) is 1. The van der Waals surface area contributed by atoms with Crippen molar-refractivity contribution in [1.29, 1.82) is 0 Å². The molecule has 1 unspecified atom stereocenters. The smallest absolute Gasteiger partial charge is 0.168 e. The van der Waals surface area contributed by atoms with Crippen LogP contribution in [0.1, 0.15) is 40.5 Å². The molecule has 0 saturated heterocycles. The molecule has 0 aliphatic heterocycles. The van der Waals surface area contributed by atoms with E-state index in [0.29, 0.717) is 12.5 Å². The van der Waals surface area contributed by atoms with Gasteiger partial charge >= 0.3 is 0 Å². The molecule has 19 heavy (non-hydrogen) atoms. The zero-order valence-electron chi connectivity index (χ0n) is 12.3. The SMILES string of the molecule is CCC(CC)C(Cl)CNc1ncccc1OC(C)C. The van der Waals surface area contributed by atoms with Crippen LogP contribution in [-0.2, 0) is 0 Å². The van der Waals surface area contributed by atoms with Crippen LogP contribution < -0.4 is 10.1 Å². The van der Waals surface area contributed by atoms with Gasteiger partial charge in [0.1, 0.15) is 0 Å². The quantitative estimate of drug-likeness (QED) is 0.722. The van der Waals surface area contributed by atoms with E-state index in [0.717, 1.165) is 24.4 Å². The molecular weight excluding hydrogens is 260 g/mol. The molecule has 1 heterocycles. The Morgan fingerprint density at radius 1 is 1.32 bits per heavy atom. The van der Waals surface area contributed by atoms with Crippen molar-refractivity contribution in [2.45, 2.75) is 52.0 Å². The van der Waals surface area contributed by atoms with E-state index in [1.54, 1.807) is 6.20 Å². The predicted molar refractivity (Wildman–Crippen MR) is 82.2 cm³/mol. The lowest BCUT2D eigenvalue weighted by atomic mass is 9.99. The molecule has 1 N–H and O–H groups in total. The summed E-state index contributed by atoms with van der Waals surface area (Å²) in [6, 6.07) is 3.80. The molecule has 1 aromatic heterocycles. The molecule has 0 radical (unpaired) electrons. The molecule has 1 atom stereocenters. The molecule has 0 aliphatic carbocycles. The Morgan fingerprint density at radius 2 is 2.00 bits per heavy atom. The lowest BCUT2D eigenvalue weighted by Gasteiger charge is -2.21. The molecule has 0 bridgehead atoms. The van der Waals surface area contributed by atoms with Gasteiger partial charge in [0.15, 0.2) is 11.6 Å². The zero-order chi connectivity index (χ0) is 14.3. The van der Waals surface area contributed by atoms with E-state index >= 15 is 0 Å². The van der Waals surface area contributed by atoms with Crippen molar-refractivity contribution in [2.75, 3.05) is 11.9 Å². The number of aromatic nitrogens is 1. The number of rotatable bonds is 8. The Labute approximate surface area is 121 Å². The first kappa shape index (κ1) is 16.1. The van der Waals surface area contributed by atoms with Crippen LogP contribution in [0.4, 0.5) is 5.82 Å². The summed E-state index contributed by atoms with van der Waals surface area (Å²) in [5.41, 5.74) is 0. The van der Waals surface area contributed by atoms with Gasteiger partial charge in [-0.25, -0.2) is 4.98 Å². The van der Waals surface area contributed by atoms with E-state index in [2.05, 4.69) is 24.1 Å². The van der Waals surface area contributed by atoms with Crippen LogP contribution in [0.25, 0.3) is 0 Å². The van der Waals surface area contributed by atoms with Crippen LogP contribution in [-0.4, -0.2) is 23.0 Å². The van der Waals surface area contributed by atoms with E-state index in [1.165, 1.54) is 0 Å². The Kier molecular flexibility index (Phi) is 7.00. The molecule has 1 aromatic rings. The Balaban J connectivity index is 2.62. The highest BCUT2D eigenvalue weighted by Crippen LogP contribution is 2.24. The van der Waals surface area contributed by atoms with Crippen LogP contribution in [0.3, 0.4) is 0 Å². The third-order valence-electron chi connectivity index (χ3n) is 3.16. The van der Waals surface area contributed by atoms with Crippen molar-refractivity contribution in [1.82, 2.24) is 4.98 Å². The number of pyridine rings is 1. The highest BCUT2D eigenvalue weighted by atomic mass is 35.5. The summed E-state index contributed by atoms with van der Waals surface area (Å²) < 4.78 is 5.72. The summed E-state index contributed by atoms with van der Waals surface area (Å²) in [5, 5.41) is 3.41. The van der Waals surface area contributed by atoms with Crippen LogP contribution in [0, 0.1) is 5.92 Å². The minimum Gasteiger partial charge on any atom is -0.487 e. The van der Waals surface area contributed by atoms with Crippen LogP contribution >= 0.6 is 11.6 Å². The molecule has 0 spiro atoms. The fourth-order valence-corrected chi connectivity index (χ4v) is 2.47. The number of alkyl halides is 1. The van der Waals surface area contributed by atoms with Crippen molar-refractivity contribution in [2.24, 2.45) is 5.92 Å². The molecule has 0 aromatic carbocycles. The monoisotopic (exact) mass is 284 g/mol. The normalized spacial score (nSPS) is 12.8. The maximum absolute atomic E-state index is 6.42. The van der Waals surface area contributed by atoms with Crippen molar-refractivity contribution < 1.29 is 4.74 Å². The minimum atomic E-state index is 0.115. The second-order valence-electron chi connectivity index (χ2n) is 4.99. The molecular formula is C15H25ClN2O. The van der Waals surface area contributed by atoms with Gasteiger partial charge in [-0.1, -0.05) is 26.7 Å². The molecule has 0 aliphatic rings. The summed E-state index contributed by atoms with van der Waals surface area (Å²) in [7, 11) is 0. The number of hydrogen-bond acceptors (Lipinski definition) is 3. The van der Waals surface area contributed by atoms with Gasteiger partial charge in [-0.2, -0.15) is 0 Å². The van der Waals surface area contributed by atoms with E-state index < -0.39 is 0 Å². The van der Waals surface area contributed by atoms with Gasteiger partial charge in [0.2, 0.25) is 0 Å². The maximum atomic E-state index is 6.42. The number of nitrogens with zero attached hydrogens (tertiary/aromatic N) is 1. The van der Waals surface area contributed by atoms with Gasteiger partial charge in [-0.05, 0) is 31.9 Å². The van der Waals surface area contributed by atoms with Gasteiger partial charge in [0.05, 0.1) is 11.5 Å². The highest BCUT2D eigenvalue weighted by Gasteiger charge is 2.16. The van der Waals surface area contributed by atoms with E-state index in [9.17, 15) is 0 Å². The molecule has 108 valence electrons. The summed E-state index contributed by atoms with van der Waals surface area (Å²) in [4.78, 5) is 4.32. The molecule has 3 nitrogen and oxygen atoms in total. The van der Waals surface area contributed by atoms with Crippen LogP contribution in [0.15, 0.2) is 18.3 Å². The first-order chi connectivity index (χ1) is 9.08. The van der Waals surface area contributed by atoms with Crippen LogP contribution in [0.2, 0.25) is 0 Å². The summed E-state index contributed by atoms with van der Waals surface area (Å²) in [6.45, 7) is 9.07. The van der Waals surface area contributed by atoms with Gasteiger partial charge < -0.3 is 10.1 Å². The predicted octanol–water partition coefficient (Wildman–Crippen LogP) is 4.32.